The van der Waals surface area contributed by atoms with Gasteiger partial charge in [-0.1, -0.05) is 12.1 Å². The minimum atomic E-state index is -0.150. The minimum absolute atomic E-state index is 0.0390. The van der Waals surface area contributed by atoms with E-state index in [1.165, 1.54) is 16.9 Å². The highest BCUT2D eigenvalue weighted by Crippen LogP contribution is 2.33. The third-order valence-electron chi connectivity index (χ3n) is 5.83. The maximum Gasteiger partial charge on any atom is 0.262 e. The molecule has 1 aliphatic rings. The van der Waals surface area contributed by atoms with Crippen molar-refractivity contribution in [2.24, 2.45) is 0 Å². The maximum atomic E-state index is 13.0. The third kappa shape index (κ3) is 4.91. The van der Waals surface area contributed by atoms with Gasteiger partial charge in [-0.2, -0.15) is 0 Å². The SMILES string of the molecule is O=C(CCn1cnc2sc3c(c2c1=O)CCCC3)Nc1cccc(COCc2ccco2)c1. The molecule has 5 rings (SSSR count). The molecule has 8 heteroatoms. The first-order chi connectivity index (χ1) is 16.2. The Hall–Kier alpha value is -3.23. The molecule has 0 aliphatic heterocycles. The molecule has 3 heterocycles. The van der Waals surface area contributed by atoms with Crippen LogP contribution in [0.3, 0.4) is 0 Å². The molecule has 0 atom stereocenters. The lowest BCUT2D eigenvalue weighted by Crippen LogP contribution is -2.24. The number of rotatable bonds is 8. The third-order valence-corrected chi connectivity index (χ3v) is 7.03. The lowest BCUT2D eigenvalue weighted by molar-refractivity contribution is -0.116. The minimum Gasteiger partial charge on any atom is -0.467 e. The van der Waals surface area contributed by atoms with Crippen LogP contribution in [0.4, 0.5) is 5.69 Å². The number of thiophene rings is 1. The Morgan fingerprint density at radius 2 is 2.09 bits per heavy atom. The average Bonchev–Trinajstić information content (AvgIpc) is 3.47. The number of carbonyl (C=O) groups excluding carboxylic acids is 1. The Kier molecular flexibility index (Phi) is 6.37. The molecule has 1 aromatic carbocycles. The van der Waals surface area contributed by atoms with Crippen LogP contribution < -0.4 is 10.9 Å². The van der Waals surface area contributed by atoms with Crippen molar-refractivity contribution in [3.63, 3.8) is 0 Å². The molecule has 0 bridgehead atoms. The predicted molar refractivity (Wildman–Crippen MR) is 127 cm³/mol. The van der Waals surface area contributed by atoms with Crippen molar-refractivity contribution >= 4 is 33.1 Å². The molecule has 0 saturated carbocycles. The highest BCUT2D eigenvalue weighted by atomic mass is 32.1. The molecular weight excluding hydrogens is 438 g/mol. The summed E-state index contributed by atoms with van der Waals surface area (Å²) in [5.41, 5.74) is 2.78. The van der Waals surface area contributed by atoms with E-state index in [1.807, 2.05) is 36.4 Å². The van der Waals surface area contributed by atoms with E-state index in [0.29, 0.717) is 25.4 Å². The van der Waals surface area contributed by atoms with Crippen LogP contribution in [-0.4, -0.2) is 15.5 Å². The summed E-state index contributed by atoms with van der Waals surface area (Å²) >= 11 is 1.64. The van der Waals surface area contributed by atoms with Crippen molar-refractivity contribution in [2.75, 3.05) is 5.32 Å². The number of furan rings is 1. The van der Waals surface area contributed by atoms with Gasteiger partial charge in [-0.25, -0.2) is 4.98 Å². The van der Waals surface area contributed by atoms with Gasteiger partial charge in [0.25, 0.3) is 5.56 Å². The molecule has 0 fully saturated rings. The van der Waals surface area contributed by atoms with Gasteiger partial charge < -0.3 is 14.5 Å². The van der Waals surface area contributed by atoms with Crippen LogP contribution in [0.5, 0.6) is 0 Å². The number of hydrogen-bond donors (Lipinski definition) is 1. The maximum absolute atomic E-state index is 13.0. The molecule has 1 amide bonds. The number of carbonyl (C=O) groups is 1. The summed E-state index contributed by atoms with van der Waals surface area (Å²) in [4.78, 5) is 32.2. The zero-order valence-electron chi connectivity index (χ0n) is 18.2. The molecule has 0 radical (unpaired) electrons. The van der Waals surface area contributed by atoms with E-state index in [0.717, 1.165) is 40.8 Å². The first-order valence-corrected chi connectivity index (χ1v) is 12.0. The molecule has 1 N–H and O–H groups in total. The second-order valence-electron chi connectivity index (χ2n) is 8.20. The van der Waals surface area contributed by atoms with Crippen molar-refractivity contribution in [2.45, 2.75) is 51.9 Å². The lowest BCUT2D eigenvalue weighted by Gasteiger charge is -2.11. The average molecular weight is 464 g/mol. The predicted octanol–water partition coefficient (Wildman–Crippen LogP) is 4.68. The van der Waals surface area contributed by atoms with Gasteiger partial charge in [0.1, 0.15) is 17.2 Å². The zero-order valence-corrected chi connectivity index (χ0v) is 19.0. The van der Waals surface area contributed by atoms with Crippen molar-refractivity contribution in [3.8, 4) is 0 Å². The van der Waals surface area contributed by atoms with E-state index < -0.39 is 0 Å². The van der Waals surface area contributed by atoms with Crippen LogP contribution in [-0.2, 0) is 42.1 Å². The summed E-state index contributed by atoms with van der Waals surface area (Å²) in [5.74, 6) is 0.619. The molecule has 0 unspecified atom stereocenters. The van der Waals surface area contributed by atoms with Gasteiger partial charge in [0, 0.05) is 23.5 Å². The summed E-state index contributed by atoms with van der Waals surface area (Å²) in [7, 11) is 0. The number of anilines is 1. The van der Waals surface area contributed by atoms with Gasteiger partial charge in [0.2, 0.25) is 5.91 Å². The van der Waals surface area contributed by atoms with E-state index in [4.69, 9.17) is 9.15 Å². The highest BCUT2D eigenvalue weighted by molar-refractivity contribution is 7.18. The molecule has 33 heavy (non-hydrogen) atoms. The number of benzene rings is 1. The van der Waals surface area contributed by atoms with Crippen LogP contribution in [0.1, 0.15) is 41.0 Å². The number of nitrogens with one attached hydrogen (secondary N) is 1. The lowest BCUT2D eigenvalue weighted by atomic mass is 9.97. The summed E-state index contributed by atoms with van der Waals surface area (Å²) in [6, 6.07) is 11.2. The Labute approximate surface area is 195 Å². The number of hydrogen-bond acceptors (Lipinski definition) is 6. The quantitative estimate of drug-likeness (QED) is 0.410. The van der Waals surface area contributed by atoms with Crippen LogP contribution >= 0.6 is 11.3 Å². The molecule has 0 spiro atoms. The molecule has 3 aromatic heterocycles. The molecular formula is C25H25N3O4S. The van der Waals surface area contributed by atoms with E-state index in [1.54, 1.807) is 28.5 Å². The number of nitrogens with zero attached hydrogens (tertiary/aromatic N) is 2. The first-order valence-electron chi connectivity index (χ1n) is 11.2. The van der Waals surface area contributed by atoms with E-state index in [9.17, 15) is 9.59 Å². The van der Waals surface area contributed by atoms with Crippen LogP contribution in [0, 0.1) is 0 Å². The summed E-state index contributed by atoms with van der Waals surface area (Å²) < 4.78 is 12.5. The van der Waals surface area contributed by atoms with Gasteiger partial charge in [-0.3, -0.25) is 14.2 Å². The summed E-state index contributed by atoms with van der Waals surface area (Å²) in [6.45, 7) is 1.10. The second kappa shape index (κ2) is 9.72. The Morgan fingerprint density at radius 1 is 1.18 bits per heavy atom. The monoisotopic (exact) mass is 463 g/mol. The molecule has 1 aliphatic carbocycles. The Morgan fingerprint density at radius 3 is 2.97 bits per heavy atom. The largest absolute Gasteiger partial charge is 0.467 e. The summed E-state index contributed by atoms with van der Waals surface area (Å²) in [5, 5.41) is 3.66. The van der Waals surface area contributed by atoms with Gasteiger partial charge in [0.05, 0.1) is 24.6 Å². The number of ether oxygens (including phenoxy) is 1. The van der Waals surface area contributed by atoms with Crippen molar-refractivity contribution in [3.05, 3.63) is 81.1 Å². The van der Waals surface area contributed by atoms with Crippen molar-refractivity contribution in [1.82, 2.24) is 9.55 Å². The van der Waals surface area contributed by atoms with Gasteiger partial charge >= 0.3 is 0 Å². The summed E-state index contributed by atoms with van der Waals surface area (Å²) in [6.07, 6.45) is 7.64. The molecule has 170 valence electrons. The van der Waals surface area contributed by atoms with Gasteiger partial charge in [0.15, 0.2) is 0 Å². The molecule has 0 saturated heterocycles. The van der Waals surface area contributed by atoms with E-state index in [-0.39, 0.29) is 17.9 Å². The smallest absolute Gasteiger partial charge is 0.262 e. The van der Waals surface area contributed by atoms with E-state index >= 15 is 0 Å². The second-order valence-corrected chi connectivity index (χ2v) is 9.29. The van der Waals surface area contributed by atoms with Crippen LogP contribution in [0.15, 0.2) is 58.2 Å². The zero-order chi connectivity index (χ0) is 22.6. The Balaban J connectivity index is 1.19. The fraction of sp³-hybridized carbons (Fsp3) is 0.320. The Bertz CT molecular complexity index is 1320. The van der Waals surface area contributed by atoms with Gasteiger partial charge in [-0.05, 0) is 61.1 Å². The van der Waals surface area contributed by atoms with Gasteiger partial charge in [-0.15, -0.1) is 11.3 Å². The van der Waals surface area contributed by atoms with Crippen molar-refractivity contribution in [1.29, 1.82) is 0 Å². The van der Waals surface area contributed by atoms with E-state index in [2.05, 4.69) is 10.3 Å². The normalized spacial score (nSPS) is 13.2. The van der Waals surface area contributed by atoms with Crippen LogP contribution in [0.2, 0.25) is 0 Å². The first kappa shape index (κ1) is 21.6. The number of amides is 1. The highest BCUT2D eigenvalue weighted by Gasteiger charge is 2.20. The number of aromatic nitrogens is 2. The molecule has 4 aromatic rings. The van der Waals surface area contributed by atoms with Crippen molar-refractivity contribution < 1.29 is 13.9 Å². The standard InChI is InChI=1S/C25H25N3O4S/c29-22(27-18-6-3-5-17(13-18)14-31-15-19-7-4-12-32-19)10-11-28-16-26-24-23(25(28)30)20-8-1-2-9-21(20)33-24/h3-7,12-13,16H,1-2,8-11,14-15H2,(H,27,29). The molecule has 7 nitrogen and oxygen atoms in total. The fourth-order valence-corrected chi connectivity index (χ4v) is 5.41. The number of fused-ring (bicyclic) bond motifs is 3. The number of aryl methyl sites for hydroxylation is 3. The topological polar surface area (TPSA) is 86.4 Å². The van der Waals surface area contributed by atoms with Crippen LogP contribution in [0.25, 0.3) is 10.2 Å². The fourth-order valence-electron chi connectivity index (χ4n) is 4.19.